The molecule has 1 aromatic heterocycles. The van der Waals surface area contributed by atoms with Crippen LogP contribution in [0.2, 0.25) is 0 Å². The fourth-order valence-corrected chi connectivity index (χ4v) is 4.29. The van der Waals surface area contributed by atoms with Crippen molar-refractivity contribution < 1.29 is 0 Å². The van der Waals surface area contributed by atoms with E-state index in [-0.39, 0.29) is 24.0 Å². The normalized spacial score (nSPS) is 16.8. The van der Waals surface area contributed by atoms with Crippen molar-refractivity contribution in [1.29, 1.82) is 0 Å². The van der Waals surface area contributed by atoms with E-state index in [0.29, 0.717) is 5.25 Å². The van der Waals surface area contributed by atoms with Crippen LogP contribution in [-0.2, 0) is 13.0 Å². The lowest BCUT2D eigenvalue weighted by Gasteiger charge is -2.13. The SMILES string of the molecule is CCNC(=NCC1CCCS1)NCCc1nccn1Cc1ccccc1.I. The van der Waals surface area contributed by atoms with E-state index in [1.807, 2.05) is 12.3 Å². The topological polar surface area (TPSA) is 54.2 Å². The quantitative estimate of drug-likeness (QED) is 0.332. The molecule has 1 aromatic carbocycles. The van der Waals surface area contributed by atoms with Crippen molar-refractivity contribution in [2.45, 2.75) is 38.0 Å². The van der Waals surface area contributed by atoms with Gasteiger partial charge in [0.25, 0.3) is 0 Å². The average molecular weight is 499 g/mol. The van der Waals surface area contributed by atoms with Crippen LogP contribution in [0.3, 0.4) is 0 Å². The Morgan fingerprint density at radius 3 is 2.89 bits per heavy atom. The molecule has 2 aromatic rings. The summed E-state index contributed by atoms with van der Waals surface area (Å²) in [6, 6.07) is 10.5. The van der Waals surface area contributed by atoms with E-state index in [9.17, 15) is 0 Å². The molecule has 2 N–H and O–H groups in total. The van der Waals surface area contributed by atoms with Gasteiger partial charge in [0.2, 0.25) is 0 Å². The highest BCUT2D eigenvalue weighted by atomic mass is 127. The minimum atomic E-state index is 0. The maximum absolute atomic E-state index is 4.75. The highest BCUT2D eigenvalue weighted by molar-refractivity contribution is 14.0. The van der Waals surface area contributed by atoms with Gasteiger partial charge in [0, 0.05) is 43.7 Å². The molecule has 0 amide bonds. The molecule has 27 heavy (non-hydrogen) atoms. The summed E-state index contributed by atoms with van der Waals surface area (Å²) in [6.07, 6.45) is 7.44. The maximum Gasteiger partial charge on any atom is 0.191 e. The van der Waals surface area contributed by atoms with Gasteiger partial charge in [0.15, 0.2) is 5.96 Å². The number of aromatic nitrogens is 2. The minimum Gasteiger partial charge on any atom is -0.357 e. The van der Waals surface area contributed by atoms with Gasteiger partial charge in [-0.05, 0) is 31.1 Å². The molecule has 0 radical (unpaired) electrons. The predicted molar refractivity (Wildman–Crippen MR) is 126 cm³/mol. The number of thioether (sulfide) groups is 1. The van der Waals surface area contributed by atoms with Crippen molar-refractivity contribution in [2.75, 3.05) is 25.4 Å². The zero-order valence-electron chi connectivity index (χ0n) is 15.9. The van der Waals surface area contributed by atoms with E-state index in [1.54, 1.807) is 0 Å². The summed E-state index contributed by atoms with van der Waals surface area (Å²) in [7, 11) is 0. The minimum absolute atomic E-state index is 0. The lowest BCUT2D eigenvalue weighted by atomic mass is 10.2. The van der Waals surface area contributed by atoms with Crippen LogP contribution in [0.5, 0.6) is 0 Å². The summed E-state index contributed by atoms with van der Waals surface area (Å²) in [6.45, 7) is 5.58. The number of hydrogen-bond acceptors (Lipinski definition) is 3. The van der Waals surface area contributed by atoms with E-state index in [1.165, 1.54) is 24.2 Å². The first kappa shape index (κ1) is 22.1. The number of imidazole rings is 1. The van der Waals surface area contributed by atoms with Gasteiger partial charge in [-0.2, -0.15) is 11.8 Å². The Morgan fingerprint density at radius 1 is 1.30 bits per heavy atom. The number of nitrogens with zero attached hydrogens (tertiary/aromatic N) is 3. The number of rotatable bonds is 8. The van der Waals surface area contributed by atoms with Gasteiger partial charge in [0.05, 0.1) is 6.54 Å². The molecule has 7 heteroatoms. The van der Waals surface area contributed by atoms with Crippen LogP contribution in [0, 0.1) is 0 Å². The first-order chi connectivity index (χ1) is 12.8. The molecule has 1 aliphatic rings. The van der Waals surface area contributed by atoms with Gasteiger partial charge in [-0.15, -0.1) is 24.0 Å². The van der Waals surface area contributed by atoms with E-state index in [2.05, 4.69) is 69.3 Å². The molecular weight excluding hydrogens is 469 g/mol. The van der Waals surface area contributed by atoms with Crippen LogP contribution in [0.25, 0.3) is 0 Å². The van der Waals surface area contributed by atoms with Gasteiger partial charge in [0.1, 0.15) is 5.82 Å². The van der Waals surface area contributed by atoms with Crippen LogP contribution in [0.15, 0.2) is 47.7 Å². The third-order valence-electron chi connectivity index (χ3n) is 4.46. The maximum atomic E-state index is 4.75. The van der Waals surface area contributed by atoms with Crippen molar-refractivity contribution in [3.05, 3.63) is 54.1 Å². The molecule has 0 bridgehead atoms. The van der Waals surface area contributed by atoms with Crippen LogP contribution >= 0.6 is 35.7 Å². The van der Waals surface area contributed by atoms with E-state index in [0.717, 1.165) is 44.4 Å². The lowest BCUT2D eigenvalue weighted by Crippen LogP contribution is -2.39. The zero-order chi connectivity index (χ0) is 18.0. The number of benzene rings is 1. The van der Waals surface area contributed by atoms with Crippen LogP contribution in [0.4, 0.5) is 0 Å². The third-order valence-corrected chi connectivity index (χ3v) is 5.84. The summed E-state index contributed by atoms with van der Waals surface area (Å²) >= 11 is 2.05. The number of aliphatic imine (C=N–C) groups is 1. The van der Waals surface area contributed by atoms with Gasteiger partial charge in [-0.1, -0.05) is 30.3 Å². The predicted octanol–water partition coefficient (Wildman–Crippen LogP) is 3.54. The third kappa shape index (κ3) is 7.37. The Balaban J connectivity index is 0.00000261. The summed E-state index contributed by atoms with van der Waals surface area (Å²) in [4.78, 5) is 9.27. The van der Waals surface area contributed by atoms with Crippen LogP contribution in [-0.4, -0.2) is 46.1 Å². The Kier molecular flexibility index (Phi) is 10.0. The molecule has 1 saturated heterocycles. The number of hydrogen-bond donors (Lipinski definition) is 2. The highest BCUT2D eigenvalue weighted by Gasteiger charge is 2.15. The molecule has 3 rings (SSSR count). The van der Waals surface area contributed by atoms with Gasteiger partial charge < -0.3 is 15.2 Å². The molecule has 0 saturated carbocycles. The molecule has 1 unspecified atom stereocenters. The smallest absolute Gasteiger partial charge is 0.191 e. The first-order valence-corrected chi connectivity index (χ1v) is 10.6. The number of guanidine groups is 1. The summed E-state index contributed by atoms with van der Waals surface area (Å²) in [5.74, 6) is 3.30. The number of nitrogens with one attached hydrogen (secondary N) is 2. The molecule has 1 fully saturated rings. The largest absolute Gasteiger partial charge is 0.357 e. The Morgan fingerprint density at radius 2 is 2.15 bits per heavy atom. The second kappa shape index (κ2) is 12.3. The number of halogens is 1. The second-order valence-electron chi connectivity index (χ2n) is 6.49. The molecule has 2 heterocycles. The molecule has 0 spiro atoms. The van der Waals surface area contributed by atoms with Crippen molar-refractivity contribution in [1.82, 2.24) is 20.2 Å². The molecule has 148 valence electrons. The van der Waals surface area contributed by atoms with Crippen LogP contribution < -0.4 is 10.6 Å². The fraction of sp³-hybridized carbons (Fsp3) is 0.500. The fourth-order valence-electron chi connectivity index (χ4n) is 3.11. The lowest BCUT2D eigenvalue weighted by molar-refractivity contribution is 0.693. The van der Waals surface area contributed by atoms with E-state index < -0.39 is 0 Å². The van der Waals surface area contributed by atoms with E-state index >= 15 is 0 Å². The van der Waals surface area contributed by atoms with Crippen LogP contribution in [0.1, 0.15) is 31.2 Å². The standard InChI is InChI=1S/C20H29N5S.HI/c1-2-21-20(24-15-18-9-6-14-26-18)23-11-10-19-22-12-13-25(19)16-17-7-4-3-5-8-17;/h3-5,7-8,12-13,18H,2,6,9-11,14-16H2,1H3,(H2,21,23,24);1H. The molecule has 0 aliphatic carbocycles. The van der Waals surface area contributed by atoms with Crippen molar-refractivity contribution in [2.24, 2.45) is 4.99 Å². The highest BCUT2D eigenvalue weighted by Crippen LogP contribution is 2.25. The molecular formula is C20H30IN5S. The summed E-state index contributed by atoms with van der Waals surface area (Å²) in [5, 5.41) is 7.48. The van der Waals surface area contributed by atoms with Gasteiger partial charge in [-0.25, -0.2) is 4.98 Å². The molecule has 1 aliphatic heterocycles. The second-order valence-corrected chi connectivity index (χ2v) is 7.90. The Hall–Kier alpha value is -1.22. The van der Waals surface area contributed by atoms with Crippen molar-refractivity contribution >= 4 is 41.7 Å². The zero-order valence-corrected chi connectivity index (χ0v) is 19.1. The average Bonchev–Trinajstić information content (AvgIpc) is 3.33. The van der Waals surface area contributed by atoms with Gasteiger partial charge >= 0.3 is 0 Å². The molecule has 1 atom stereocenters. The van der Waals surface area contributed by atoms with Crippen molar-refractivity contribution in [3.63, 3.8) is 0 Å². The monoisotopic (exact) mass is 499 g/mol. The van der Waals surface area contributed by atoms with E-state index in [4.69, 9.17) is 4.99 Å². The Labute approximate surface area is 183 Å². The Bertz CT molecular complexity index is 683. The summed E-state index contributed by atoms with van der Waals surface area (Å²) in [5.41, 5.74) is 1.30. The molecule has 5 nitrogen and oxygen atoms in total. The van der Waals surface area contributed by atoms with Crippen molar-refractivity contribution in [3.8, 4) is 0 Å². The van der Waals surface area contributed by atoms with Gasteiger partial charge in [-0.3, -0.25) is 4.99 Å². The first-order valence-electron chi connectivity index (χ1n) is 9.53. The summed E-state index contributed by atoms with van der Waals surface area (Å²) < 4.78 is 2.22.